The van der Waals surface area contributed by atoms with Crippen molar-refractivity contribution in [3.63, 3.8) is 0 Å². The molecule has 1 N–H and O–H groups in total. The molecule has 0 aliphatic carbocycles. The van der Waals surface area contributed by atoms with Gasteiger partial charge in [0.05, 0.1) is 23.7 Å². The van der Waals surface area contributed by atoms with E-state index in [1.807, 2.05) is 10.6 Å². The number of rotatable bonds is 5. The van der Waals surface area contributed by atoms with Crippen molar-refractivity contribution in [1.29, 1.82) is 0 Å². The molecule has 5 nitrogen and oxygen atoms in total. The molecule has 1 heterocycles. The van der Waals surface area contributed by atoms with Crippen molar-refractivity contribution in [3.05, 3.63) is 29.6 Å². The quantitative estimate of drug-likeness (QED) is 0.851. The molecule has 1 aromatic heterocycles. The van der Waals surface area contributed by atoms with Gasteiger partial charge in [-0.05, 0) is 30.5 Å². The van der Waals surface area contributed by atoms with E-state index in [1.165, 1.54) is 7.11 Å². The lowest BCUT2D eigenvalue weighted by atomic mass is 10.1. The number of aryl methyl sites for hydroxylation is 1. The summed E-state index contributed by atoms with van der Waals surface area (Å²) in [5.74, 6) is 0.824. The van der Waals surface area contributed by atoms with Crippen molar-refractivity contribution in [2.45, 2.75) is 33.4 Å². The molecule has 2 aromatic rings. The molecule has 0 fully saturated rings. The molecule has 108 valence electrons. The minimum absolute atomic E-state index is 0.111. The smallest absolute Gasteiger partial charge is 0.337 e. The van der Waals surface area contributed by atoms with Crippen molar-refractivity contribution < 1.29 is 14.6 Å². The first-order valence-electron chi connectivity index (χ1n) is 6.75. The number of hydrogen-bond donors (Lipinski definition) is 1. The van der Waals surface area contributed by atoms with Crippen molar-refractivity contribution in [1.82, 2.24) is 9.55 Å². The number of nitrogens with zero attached hydrogens (tertiary/aromatic N) is 2. The van der Waals surface area contributed by atoms with E-state index < -0.39 is 0 Å². The van der Waals surface area contributed by atoms with E-state index in [-0.39, 0.29) is 12.6 Å². The molecule has 0 saturated carbocycles. The maximum Gasteiger partial charge on any atom is 0.337 e. The van der Waals surface area contributed by atoms with Crippen LogP contribution in [0.25, 0.3) is 11.0 Å². The van der Waals surface area contributed by atoms with Crippen LogP contribution in [0.1, 0.15) is 36.5 Å². The summed E-state index contributed by atoms with van der Waals surface area (Å²) in [6, 6.07) is 5.28. The van der Waals surface area contributed by atoms with Gasteiger partial charge in [0.15, 0.2) is 0 Å². The topological polar surface area (TPSA) is 64.3 Å². The summed E-state index contributed by atoms with van der Waals surface area (Å²) < 4.78 is 6.71. The maximum atomic E-state index is 11.5. The third-order valence-corrected chi connectivity index (χ3v) is 3.32. The zero-order valence-electron chi connectivity index (χ0n) is 12.1. The monoisotopic (exact) mass is 276 g/mol. The highest BCUT2D eigenvalue weighted by molar-refractivity contribution is 5.93. The predicted octanol–water partition coefficient (Wildman–Crippen LogP) is 2.36. The summed E-state index contributed by atoms with van der Waals surface area (Å²) in [5, 5.41) is 9.43. The fourth-order valence-corrected chi connectivity index (χ4v) is 2.18. The van der Waals surface area contributed by atoms with Crippen LogP contribution >= 0.6 is 0 Å². The predicted molar refractivity (Wildman–Crippen MR) is 76.5 cm³/mol. The molecule has 0 aliphatic heterocycles. The van der Waals surface area contributed by atoms with E-state index in [4.69, 9.17) is 4.74 Å². The minimum Gasteiger partial charge on any atom is -0.465 e. The Morgan fingerprint density at radius 2 is 2.20 bits per heavy atom. The van der Waals surface area contributed by atoms with Gasteiger partial charge < -0.3 is 14.4 Å². The fourth-order valence-electron chi connectivity index (χ4n) is 2.18. The van der Waals surface area contributed by atoms with Crippen molar-refractivity contribution in [2.75, 3.05) is 7.11 Å². The van der Waals surface area contributed by atoms with Crippen LogP contribution in [-0.4, -0.2) is 27.7 Å². The number of carbonyl (C=O) groups is 1. The Labute approximate surface area is 118 Å². The van der Waals surface area contributed by atoms with Gasteiger partial charge in [-0.2, -0.15) is 0 Å². The van der Waals surface area contributed by atoms with Crippen LogP contribution in [0.3, 0.4) is 0 Å². The normalized spacial score (nSPS) is 11.2. The second kappa shape index (κ2) is 6.05. The largest absolute Gasteiger partial charge is 0.465 e. The standard InChI is InChI=1S/C15H20N2O3/c1-10(2)6-7-17-13-5-4-11(15(19)20-3)8-12(13)16-14(17)9-18/h4-5,8,10,18H,6-7,9H2,1-3H3. The van der Waals surface area contributed by atoms with Gasteiger partial charge in [-0.3, -0.25) is 0 Å². The average Bonchev–Trinajstić information content (AvgIpc) is 2.80. The molecule has 5 heteroatoms. The SMILES string of the molecule is COC(=O)c1ccc2c(c1)nc(CO)n2CCC(C)C. The Hall–Kier alpha value is -1.88. The Morgan fingerprint density at radius 3 is 2.80 bits per heavy atom. The molecule has 0 spiro atoms. The van der Waals surface area contributed by atoms with Crippen LogP contribution in [-0.2, 0) is 17.9 Å². The number of aromatic nitrogens is 2. The number of ether oxygens (including phenoxy) is 1. The van der Waals surface area contributed by atoms with Crippen molar-refractivity contribution in [3.8, 4) is 0 Å². The van der Waals surface area contributed by atoms with Crippen LogP contribution in [0, 0.1) is 5.92 Å². The van der Waals surface area contributed by atoms with Gasteiger partial charge in [0, 0.05) is 6.54 Å². The highest BCUT2D eigenvalue weighted by Crippen LogP contribution is 2.20. The number of aliphatic hydroxyl groups excluding tert-OH is 1. The molecule has 20 heavy (non-hydrogen) atoms. The molecular formula is C15H20N2O3. The van der Waals surface area contributed by atoms with E-state index in [2.05, 4.69) is 18.8 Å². The molecule has 1 aromatic carbocycles. The molecule has 2 rings (SSSR count). The summed E-state index contributed by atoms with van der Waals surface area (Å²) >= 11 is 0. The van der Waals surface area contributed by atoms with E-state index >= 15 is 0 Å². The zero-order valence-corrected chi connectivity index (χ0v) is 12.1. The van der Waals surface area contributed by atoms with Gasteiger partial charge >= 0.3 is 5.97 Å². The van der Waals surface area contributed by atoms with Gasteiger partial charge in [-0.1, -0.05) is 13.8 Å². The zero-order chi connectivity index (χ0) is 14.7. The van der Waals surface area contributed by atoms with Gasteiger partial charge in [0.25, 0.3) is 0 Å². The fraction of sp³-hybridized carbons (Fsp3) is 0.467. The van der Waals surface area contributed by atoms with E-state index in [0.29, 0.717) is 22.8 Å². The summed E-state index contributed by atoms with van der Waals surface area (Å²) in [6.07, 6.45) is 1.01. The van der Waals surface area contributed by atoms with Crippen LogP contribution in [0.15, 0.2) is 18.2 Å². The van der Waals surface area contributed by atoms with Crippen LogP contribution < -0.4 is 0 Å². The van der Waals surface area contributed by atoms with E-state index in [9.17, 15) is 9.90 Å². The molecule has 0 atom stereocenters. The number of hydrogen-bond acceptors (Lipinski definition) is 4. The third-order valence-electron chi connectivity index (χ3n) is 3.32. The van der Waals surface area contributed by atoms with Gasteiger partial charge in [-0.25, -0.2) is 9.78 Å². The molecule has 0 unspecified atom stereocenters. The number of fused-ring (bicyclic) bond motifs is 1. The summed E-state index contributed by atoms with van der Waals surface area (Å²) in [6.45, 7) is 5.02. The van der Waals surface area contributed by atoms with Crippen LogP contribution in [0.4, 0.5) is 0 Å². The van der Waals surface area contributed by atoms with Crippen LogP contribution in [0.5, 0.6) is 0 Å². The Bertz CT molecular complexity index is 617. The van der Waals surface area contributed by atoms with Crippen LogP contribution in [0.2, 0.25) is 0 Å². The summed E-state index contributed by atoms with van der Waals surface area (Å²) in [7, 11) is 1.35. The Morgan fingerprint density at radius 1 is 1.45 bits per heavy atom. The first-order chi connectivity index (χ1) is 9.56. The minimum atomic E-state index is -0.380. The molecule has 0 saturated heterocycles. The first-order valence-corrected chi connectivity index (χ1v) is 6.75. The molecule has 0 radical (unpaired) electrons. The second-order valence-corrected chi connectivity index (χ2v) is 5.22. The number of carbonyl (C=O) groups excluding carboxylic acids is 1. The Kier molecular flexibility index (Phi) is 4.39. The lowest BCUT2D eigenvalue weighted by Gasteiger charge is -2.09. The van der Waals surface area contributed by atoms with Crippen molar-refractivity contribution >= 4 is 17.0 Å². The molecular weight excluding hydrogens is 256 g/mol. The number of esters is 1. The first kappa shape index (κ1) is 14.5. The highest BCUT2D eigenvalue weighted by atomic mass is 16.5. The molecule has 0 aliphatic rings. The highest BCUT2D eigenvalue weighted by Gasteiger charge is 2.13. The van der Waals surface area contributed by atoms with Gasteiger partial charge in [0.1, 0.15) is 12.4 Å². The summed E-state index contributed by atoms with van der Waals surface area (Å²) in [5.41, 5.74) is 2.11. The van der Waals surface area contributed by atoms with Crippen molar-refractivity contribution in [2.24, 2.45) is 5.92 Å². The van der Waals surface area contributed by atoms with E-state index in [1.54, 1.807) is 12.1 Å². The average molecular weight is 276 g/mol. The lowest BCUT2D eigenvalue weighted by Crippen LogP contribution is -2.06. The third kappa shape index (κ3) is 2.82. The number of imidazole rings is 1. The van der Waals surface area contributed by atoms with Gasteiger partial charge in [-0.15, -0.1) is 0 Å². The summed E-state index contributed by atoms with van der Waals surface area (Å²) in [4.78, 5) is 15.9. The molecule has 0 amide bonds. The number of benzene rings is 1. The number of aliphatic hydroxyl groups is 1. The Balaban J connectivity index is 2.43. The lowest BCUT2D eigenvalue weighted by molar-refractivity contribution is 0.0601. The second-order valence-electron chi connectivity index (χ2n) is 5.22. The number of methoxy groups -OCH3 is 1. The maximum absolute atomic E-state index is 11.5. The van der Waals surface area contributed by atoms with E-state index in [0.717, 1.165) is 18.5 Å². The molecule has 0 bridgehead atoms. The van der Waals surface area contributed by atoms with Gasteiger partial charge in [0.2, 0.25) is 0 Å².